The summed E-state index contributed by atoms with van der Waals surface area (Å²) < 4.78 is 35.5. The highest BCUT2D eigenvalue weighted by Gasteiger charge is 2.29. The first-order valence-corrected chi connectivity index (χ1v) is 24.0. The average Bonchev–Trinajstić information content (AvgIpc) is 3.70. The van der Waals surface area contributed by atoms with Gasteiger partial charge in [-0.1, -0.05) is 68.5 Å². The molecular formula is C48H59N5O6S2. The first-order valence-electron chi connectivity index (χ1n) is 21.6. The number of anilines is 2. The Bertz CT molecular complexity index is 2330. The minimum atomic E-state index is -3.90. The lowest BCUT2D eigenvalue weighted by Gasteiger charge is -2.36. The standard InChI is InChI=1S/C48H59N5O6S2/c1-48(2,3)50-61(57,58)44-21-20-36(29-38(44)32-49-45(54)22-17-34-11-6-5-7-12-34)37-19-18-35-23-24-53(42(35)30-37)46(55)33-60-43-16-9-8-15-41(43)47(56)52-27-25-51(26-28-52)39-13-10-14-40(31-39)59-4/h8-10,13-16,18-21,29-31,34,50H,5-7,11-12,17,22-28,32-33H2,1-4H3,(H,49,54). The molecule has 11 nitrogen and oxygen atoms in total. The summed E-state index contributed by atoms with van der Waals surface area (Å²) in [6.45, 7) is 8.61. The van der Waals surface area contributed by atoms with Crippen molar-refractivity contribution in [1.82, 2.24) is 14.9 Å². The van der Waals surface area contributed by atoms with Gasteiger partial charge in [0, 0.05) is 73.6 Å². The van der Waals surface area contributed by atoms with E-state index < -0.39 is 15.6 Å². The lowest BCUT2D eigenvalue weighted by molar-refractivity contribution is -0.121. The van der Waals surface area contributed by atoms with Gasteiger partial charge in [0.1, 0.15) is 5.75 Å². The van der Waals surface area contributed by atoms with Crippen molar-refractivity contribution in [2.24, 2.45) is 5.92 Å². The lowest BCUT2D eigenvalue weighted by atomic mass is 9.86. The molecule has 13 heteroatoms. The summed E-state index contributed by atoms with van der Waals surface area (Å²) >= 11 is 1.38. The van der Waals surface area contributed by atoms with Crippen molar-refractivity contribution >= 4 is 50.9 Å². The van der Waals surface area contributed by atoms with Gasteiger partial charge in [0.05, 0.1) is 23.3 Å². The van der Waals surface area contributed by atoms with Crippen LogP contribution in [0, 0.1) is 5.92 Å². The number of sulfonamides is 1. The van der Waals surface area contributed by atoms with Gasteiger partial charge in [-0.05, 0) is 104 Å². The van der Waals surface area contributed by atoms with Gasteiger partial charge < -0.3 is 24.8 Å². The Labute approximate surface area is 365 Å². The van der Waals surface area contributed by atoms with Crippen LogP contribution >= 0.6 is 11.8 Å². The van der Waals surface area contributed by atoms with Crippen LogP contribution in [0.4, 0.5) is 11.4 Å². The number of thioether (sulfide) groups is 1. The highest BCUT2D eigenvalue weighted by atomic mass is 32.2. The molecule has 4 aromatic carbocycles. The summed E-state index contributed by atoms with van der Waals surface area (Å²) in [5.74, 6) is 1.36. The zero-order valence-electron chi connectivity index (χ0n) is 35.9. The van der Waals surface area contributed by atoms with E-state index in [1.165, 1.54) is 43.9 Å². The number of piperazine rings is 1. The molecule has 7 rings (SSSR count). The van der Waals surface area contributed by atoms with Gasteiger partial charge in [0.15, 0.2) is 0 Å². The Hall–Kier alpha value is -4.85. The Morgan fingerprint density at radius 2 is 1.57 bits per heavy atom. The molecule has 3 aliphatic rings. The number of rotatable bonds is 14. The molecule has 324 valence electrons. The van der Waals surface area contributed by atoms with Crippen LogP contribution in [0.2, 0.25) is 0 Å². The molecule has 0 aromatic heterocycles. The second-order valence-electron chi connectivity index (χ2n) is 17.4. The summed E-state index contributed by atoms with van der Waals surface area (Å²) in [5.41, 5.74) is 4.98. The average molecular weight is 866 g/mol. The Morgan fingerprint density at radius 3 is 2.33 bits per heavy atom. The summed E-state index contributed by atoms with van der Waals surface area (Å²) in [4.78, 5) is 47.7. The Balaban J connectivity index is 1.03. The third kappa shape index (κ3) is 11.2. The van der Waals surface area contributed by atoms with Gasteiger partial charge in [-0.2, -0.15) is 0 Å². The zero-order chi connectivity index (χ0) is 43.1. The molecule has 1 aliphatic carbocycles. The van der Waals surface area contributed by atoms with E-state index in [-0.39, 0.29) is 34.9 Å². The SMILES string of the molecule is COc1cccc(N2CCN(C(=O)c3ccccc3SCC(=O)N3CCc4ccc(-c5ccc(S(=O)(=O)NC(C)(C)C)c(CNC(=O)CCC6CCCCC6)c5)cc43)CC2)c1. The Kier molecular flexibility index (Phi) is 14.1. The molecule has 0 unspecified atom stereocenters. The highest BCUT2D eigenvalue weighted by Crippen LogP contribution is 2.36. The number of nitrogens with one attached hydrogen (secondary N) is 2. The first-order chi connectivity index (χ1) is 29.3. The number of benzene rings is 4. The molecule has 1 saturated carbocycles. The normalized spacial score (nSPS) is 16.0. The van der Waals surface area contributed by atoms with Crippen molar-refractivity contribution in [2.45, 2.75) is 94.0 Å². The third-order valence-corrected chi connectivity index (χ3v) is 14.8. The van der Waals surface area contributed by atoms with Crippen molar-refractivity contribution in [3.63, 3.8) is 0 Å². The van der Waals surface area contributed by atoms with Crippen LogP contribution in [0.15, 0.2) is 94.7 Å². The van der Waals surface area contributed by atoms with Crippen LogP contribution in [0.25, 0.3) is 11.1 Å². The number of methoxy groups -OCH3 is 1. The predicted octanol–water partition coefficient (Wildman–Crippen LogP) is 8.06. The first kappa shape index (κ1) is 44.2. The topological polar surface area (TPSA) is 128 Å². The van der Waals surface area contributed by atoms with E-state index in [0.29, 0.717) is 56.2 Å². The molecule has 0 radical (unpaired) electrons. The van der Waals surface area contributed by atoms with Crippen LogP contribution in [0.3, 0.4) is 0 Å². The number of fused-ring (bicyclic) bond motifs is 1. The predicted molar refractivity (Wildman–Crippen MR) is 244 cm³/mol. The van der Waals surface area contributed by atoms with Gasteiger partial charge in [0.2, 0.25) is 21.8 Å². The fourth-order valence-electron chi connectivity index (χ4n) is 8.66. The molecular weight excluding hydrogens is 807 g/mol. The monoisotopic (exact) mass is 865 g/mol. The maximum Gasteiger partial charge on any atom is 0.255 e. The maximum atomic E-state index is 13.9. The van der Waals surface area contributed by atoms with Crippen LogP contribution in [0.1, 0.15) is 87.2 Å². The summed E-state index contributed by atoms with van der Waals surface area (Å²) in [6.07, 6.45) is 8.02. The van der Waals surface area contributed by atoms with Crippen LogP contribution in [-0.4, -0.2) is 82.2 Å². The van der Waals surface area contributed by atoms with Crippen LogP contribution < -0.4 is 24.6 Å². The van der Waals surface area contributed by atoms with E-state index in [1.807, 2.05) is 76.5 Å². The molecule has 61 heavy (non-hydrogen) atoms. The third-order valence-electron chi connectivity index (χ3n) is 11.8. The largest absolute Gasteiger partial charge is 0.497 e. The smallest absolute Gasteiger partial charge is 0.255 e. The van der Waals surface area contributed by atoms with Crippen molar-refractivity contribution < 1.29 is 27.5 Å². The Morgan fingerprint density at radius 1 is 0.836 bits per heavy atom. The van der Waals surface area contributed by atoms with Gasteiger partial charge in [0.25, 0.3) is 5.91 Å². The van der Waals surface area contributed by atoms with E-state index in [2.05, 4.69) is 21.0 Å². The lowest BCUT2D eigenvalue weighted by Crippen LogP contribution is -2.48. The number of amides is 3. The van der Waals surface area contributed by atoms with E-state index in [9.17, 15) is 22.8 Å². The van der Waals surface area contributed by atoms with Crippen molar-refractivity contribution in [3.05, 3.63) is 102 Å². The summed E-state index contributed by atoms with van der Waals surface area (Å²) in [6, 6.07) is 26.7. The molecule has 2 fully saturated rings. The molecule has 0 atom stereocenters. The number of ether oxygens (including phenoxy) is 1. The number of carbonyl (C=O) groups excluding carboxylic acids is 3. The quantitative estimate of drug-likeness (QED) is 0.122. The van der Waals surface area contributed by atoms with Gasteiger partial charge >= 0.3 is 0 Å². The second-order valence-corrected chi connectivity index (χ2v) is 20.1. The fourth-order valence-corrected chi connectivity index (χ4v) is 11.2. The number of carbonyl (C=O) groups is 3. The van der Waals surface area contributed by atoms with Crippen LogP contribution in [0.5, 0.6) is 5.75 Å². The second kappa shape index (κ2) is 19.5. The van der Waals surface area contributed by atoms with E-state index in [1.54, 1.807) is 40.0 Å². The number of nitrogens with zero attached hydrogens (tertiary/aromatic N) is 3. The van der Waals surface area contributed by atoms with E-state index >= 15 is 0 Å². The summed E-state index contributed by atoms with van der Waals surface area (Å²) in [5, 5.41) is 3.01. The number of hydrogen-bond donors (Lipinski definition) is 2. The van der Waals surface area contributed by atoms with Gasteiger partial charge in [-0.15, -0.1) is 11.8 Å². The van der Waals surface area contributed by atoms with Gasteiger partial charge in [-0.25, -0.2) is 13.1 Å². The van der Waals surface area contributed by atoms with E-state index in [4.69, 9.17) is 4.74 Å². The van der Waals surface area contributed by atoms with Crippen molar-refractivity contribution in [2.75, 3.05) is 55.4 Å². The van der Waals surface area contributed by atoms with Crippen LogP contribution in [-0.2, 0) is 32.6 Å². The zero-order valence-corrected chi connectivity index (χ0v) is 37.5. The highest BCUT2D eigenvalue weighted by molar-refractivity contribution is 8.00. The molecule has 0 spiro atoms. The molecule has 2 heterocycles. The van der Waals surface area contributed by atoms with Crippen molar-refractivity contribution in [3.8, 4) is 16.9 Å². The fraction of sp³-hybridized carbons (Fsp3) is 0.438. The van der Waals surface area contributed by atoms with Crippen molar-refractivity contribution in [1.29, 1.82) is 0 Å². The van der Waals surface area contributed by atoms with E-state index in [0.717, 1.165) is 51.6 Å². The molecule has 4 aromatic rings. The van der Waals surface area contributed by atoms with Gasteiger partial charge in [-0.3, -0.25) is 14.4 Å². The summed E-state index contributed by atoms with van der Waals surface area (Å²) in [7, 11) is -2.24. The maximum absolute atomic E-state index is 13.9. The molecule has 3 amide bonds. The molecule has 2 N–H and O–H groups in total. The minimum Gasteiger partial charge on any atom is -0.497 e. The molecule has 0 bridgehead atoms. The molecule has 2 aliphatic heterocycles. The molecule has 1 saturated heterocycles. The minimum absolute atomic E-state index is 0.0385. The number of hydrogen-bond acceptors (Lipinski definition) is 8.